The molecule has 0 aliphatic carbocycles. The van der Waals surface area contributed by atoms with Crippen molar-refractivity contribution in [1.29, 1.82) is 0 Å². The van der Waals surface area contributed by atoms with Crippen molar-refractivity contribution in [1.82, 2.24) is 10.6 Å². The lowest BCUT2D eigenvalue weighted by molar-refractivity contribution is 0.0934. The maximum absolute atomic E-state index is 12.4. The van der Waals surface area contributed by atoms with E-state index in [9.17, 15) is 4.79 Å². The summed E-state index contributed by atoms with van der Waals surface area (Å²) in [6.07, 6.45) is -1.05. The Labute approximate surface area is 191 Å². The molecule has 1 atom stereocenters. The topological polar surface area (TPSA) is 62.4 Å². The molecule has 0 aliphatic heterocycles. The number of thiocarbonyl (C=S) groups is 1. The summed E-state index contributed by atoms with van der Waals surface area (Å²) in [6, 6.07) is 14.1. The number of benzene rings is 2. The highest BCUT2D eigenvalue weighted by Gasteiger charge is 2.34. The number of halogens is 4. The van der Waals surface area contributed by atoms with E-state index in [1.165, 1.54) is 0 Å². The van der Waals surface area contributed by atoms with Crippen LogP contribution in [-0.2, 0) is 0 Å². The van der Waals surface area contributed by atoms with E-state index in [2.05, 4.69) is 38.5 Å². The van der Waals surface area contributed by atoms with E-state index in [0.717, 1.165) is 3.57 Å². The number of hydrogen-bond donors (Lipinski definition) is 3. The highest BCUT2D eigenvalue weighted by molar-refractivity contribution is 14.1. The second-order valence-electron chi connectivity index (χ2n) is 5.28. The Bertz CT molecular complexity index is 799. The van der Waals surface area contributed by atoms with Crippen molar-refractivity contribution in [3.05, 3.63) is 57.7 Å². The predicted octanol–water partition coefficient (Wildman–Crippen LogP) is 4.71. The summed E-state index contributed by atoms with van der Waals surface area (Å²) < 4.78 is 4.28. The van der Waals surface area contributed by atoms with Gasteiger partial charge in [0.2, 0.25) is 3.79 Å². The summed E-state index contributed by atoms with van der Waals surface area (Å²) in [5.74, 6) is 0.311. The molecule has 0 saturated heterocycles. The number of nitrogens with one attached hydrogen (secondary N) is 3. The fourth-order valence-electron chi connectivity index (χ4n) is 1.99. The Hall–Kier alpha value is -1.000. The van der Waals surface area contributed by atoms with Crippen LogP contribution in [0.5, 0.6) is 5.75 Å². The lowest BCUT2D eigenvalue weighted by Gasteiger charge is -2.27. The first-order valence-electron chi connectivity index (χ1n) is 7.54. The minimum Gasteiger partial charge on any atom is -0.497 e. The molecule has 0 fully saturated rings. The largest absolute Gasteiger partial charge is 0.497 e. The van der Waals surface area contributed by atoms with Gasteiger partial charge in [-0.05, 0) is 83.3 Å². The molecule has 1 amide bonds. The van der Waals surface area contributed by atoms with Gasteiger partial charge < -0.3 is 20.7 Å². The highest BCUT2D eigenvalue weighted by Crippen LogP contribution is 2.29. The van der Waals surface area contributed by atoms with Gasteiger partial charge in [-0.3, -0.25) is 4.79 Å². The Morgan fingerprint density at radius 3 is 2.19 bits per heavy atom. The zero-order valence-corrected chi connectivity index (χ0v) is 19.2. The molecule has 3 N–H and O–H groups in total. The number of alkyl halides is 3. The van der Waals surface area contributed by atoms with Gasteiger partial charge in [-0.15, -0.1) is 0 Å². The first-order valence-corrected chi connectivity index (χ1v) is 10.2. The quantitative estimate of drug-likeness (QED) is 0.215. The molecule has 10 heteroatoms. The van der Waals surface area contributed by atoms with Crippen LogP contribution in [0, 0.1) is 3.57 Å². The molecule has 0 radical (unpaired) electrons. The van der Waals surface area contributed by atoms with Gasteiger partial charge in [0.1, 0.15) is 11.9 Å². The number of carbonyl (C=O) groups excluding carboxylic acids is 1. The summed E-state index contributed by atoms with van der Waals surface area (Å²) in [4.78, 5) is 12.4. The fraction of sp³-hybridized carbons (Fsp3) is 0.176. The SMILES string of the molecule is COc1ccc(NC(=S)N[C@H](NC(=O)c2ccc(I)cc2)C(Cl)(Cl)Cl)cc1. The van der Waals surface area contributed by atoms with Crippen molar-refractivity contribution >= 4 is 86.3 Å². The van der Waals surface area contributed by atoms with Gasteiger partial charge >= 0.3 is 0 Å². The van der Waals surface area contributed by atoms with E-state index in [4.69, 9.17) is 51.8 Å². The van der Waals surface area contributed by atoms with Crippen molar-refractivity contribution in [2.75, 3.05) is 12.4 Å². The second-order valence-corrected chi connectivity index (χ2v) is 9.30. The van der Waals surface area contributed by atoms with E-state index in [-0.39, 0.29) is 5.11 Å². The standard InChI is InChI=1S/C17H15Cl3IN3O2S/c1-26-13-8-6-12(7-9-13)22-16(27)24-15(17(18,19)20)23-14(25)10-2-4-11(21)5-3-10/h2-9,15H,1H3,(H,23,25)(H2,22,24,27)/t15-/m0/s1. The average molecular weight is 559 g/mol. The molecule has 0 aromatic heterocycles. The maximum Gasteiger partial charge on any atom is 0.252 e. The van der Waals surface area contributed by atoms with E-state index in [0.29, 0.717) is 17.0 Å². The first kappa shape index (κ1) is 22.3. The van der Waals surface area contributed by atoms with Gasteiger partial charge in [0.25, 0.3) is 5.91 Å². The third-order valence-corrected chi connectivity index (χ3v) is 4.93. The van der Waals surface area contributed by atoms with Crippen molar-refractivity contribution in [2.45, 2.75) is 9.96 Å². The molecule has 27 heavy (non-hydrogen) atoms. The van der Waals surface area contributed by atoms with E-state index in [1.54, 1.807) is 43.5 Å². The van der Waals surface area contributed by atoms with Gasteiger partial charge in [-0.25, -0.2) is 0 Å². The monoisotopic (exact) mass is 557 g/mol. The smallest absolute Gasteiger partial charge is 0.252 e. The average Bonchev–Trinajstić information content (AvgIpc) is 2.61. The molecule has 0 aliphatic rings. The molecule has 0 saturated carbocycles. The first-order chi connectivity index (χ1) is 12.7. The van der Waals surface area contributed by atoms with E-state index >= 15 is 0 Å². The summed E-state index contributed by atoms with van der Waals surface area (Å²) >= 11 is 25.4. The number of ether oxygens (including phenoxy) is 1. The van der Waals surface area contributed by atoms with Crippen LogP contribution in [0.2, 0.25) is 0 Å². The van der Waals surface area contributed by atoms with Crippen LogP contribution in [0.3, 0.4) is 0 Å². The molecule has 2 aromatic carbocycles. The van der Waals surface area contributed by atoms with Crippen LogP contribution in [0.15, 0.2) is 48.5 Å². The zero-order valence-electron chi connectivity index (χ0n) is 13.9. The van der Waals surface area contributed by atoms with Crippen LogP contribution < -0.4 is 20.7 Å². The number of methoxy groups -OCH3 is 1. The summed E-state index contributed by atoms with van der Waals surface area (Å²) in [5.41, 5.74) is 1.14. The molecule has 0 bridgehead atoms. The molecule has 0 unspecified atom stereocenters. The van der Waals surface area contributed by atoms with Gasteiger partial charge in [-0.2, -0.15) is 0 Å². The molecular weight excluding hydrogens is 544 g/mol. The van der Waals surface area contributed by atoms with Gasteiger partial charge in [0.05, 0.1) is 7.11 Å². The Morgan fingerprint density at radius 1 is 1.07 bits per heavy atom. The maximum atomic E-state index is 12.4. The summed E-state index contributed by atoms with van der Waals surface area (Å²) in [7, 11) is 1.58. The molecular formula is C17H15Cl3IN3O2S. The number of hydrogen-bond acceptors (Lipinski definition) is 3. The zero-order chi connectivity index (χ0) is 20.0. The van der Waals surface area contributed by atoms with Crippen molar-refractivity contribution in [2.24, 2.45) is 0 Å². The summed E-state index contributed by atoms with van der Waals surface area (Å²) in [6.45, 7) is 0. The van der Waals surface area contributed by atoms with Gasteiger partial charge in [0, 0.05) is 14.8 Å². The molecule has 5 nitrogen and oxygen atoms in total. The molecule has 2 rings (SSSR count). The van der Waals surface area contributed by atoms with Crippen molar-refractivity contribution in [3.8, 4) is 5.75 Å². The molecule has 2 aromatic rings. The van der Waals surface area contributed by atoms with Crippen LogP contribution in [0.1, 0.15) is 10.4 Å². The lowest BCUT2D eigenvalue weighted by Crippen LogP contribution is -2.56. The number of anilines is 1. The Kier molecular flexibility index (Phi) is 8.23. The number of carbonyl (C=O) groups is 1. The third-order valence-electron chi connectivity index (χ3n) is 3.33. The minimum absolute atomic E-state index is 0.180. The van der Waals surface area contributed by atoms with E-state index < -0.39 is 15.9 Å². The molecule has 0 heterocycles. The van der Waals surface area contributed by atoms with Crippen LogP contribution in [-0.4, -0.2) is 28.1 Å². The third kappa shape index (κ3) is 7.15. The van der Waals surface area contributed by atoms with Crippen LogP contribution >= 0.6 is 69.6 Å². The van der Waals surface area contributed by atoms with Crippen LogP contribution in [0.25, 0.3) is 0 Å². The Morgan fingerprint density at radius 2 is 1.67 bits per heavy atom. The molecule has 144 valence electrons. The van der Waals surface area contributed by atoms with Crippen molar-refractivity contribution in [3.63, 3.8) is 0 Å². The van der Waals surface area contributed by atoms with Gasteiger partial charge in [0.15, 0.2) is 5.11 Å². The number of amides is 1. The van der Waals surface area contributed by atoms with Crippen molar-refractivity contribution < 1.29 is 9.53 Å². The summed E-state index contributed by atoms with van der Waals surface area (Å²) in [5, 5.41) is 8.57. The lowest BCUT2D eigenvalue weighted by atomic mass is 10.2. The Balaban J connectivity index is 2.03. The molecule has 0 spiro atoms. The second kappa shape index (κ2) is 9.97. The fourth-order valence-corrected chi connectivity index (χ4v) is 2.91. The number of rotatable bonds is 5. The predicted molar refractivity (Wildman–Crippen MR) is 123 cm³/mol. The minimum atomic E-state index is -1.83. The van der Waals surface area contributed by atoms with E-state index in [1.807, 2.05) is 12.1 Å². The van der Waals surface area contributed by atoms with Crippen LogP contribution in [0.4, 0.5) is 5.69 Å². The van der Waals surface area contributed by atoms with Gasteiger partial charge in [-0.1, -0.05) is 34.8 Å². The normalized spacial score (nSPS) is 12.0. The highest BCUT2D eigenvalue weighted by atomic mass is 127.